The Balaban J connectivity index is 1.60. The Hall–Kier alpha value is -3.06. The number of nitrogens with zero attached hydrogens (tertiary/aromatic N) is 3. The van der Waals surface area contributed by atoms with Crippen molar-refractivity contribution in [3.8, 4) is 0 Å². The van der Waals surface area contributed by atoms with Crippen LogP contribution in [-0.4, -0.2) is 20.7 Å². The summed E-state index contributed by atoms with van der Waals surface area (Å²) in [7, 11) is 0. The summed E-state index contributed by atoms with van der Waals surface area (Å²) in [5, 5.41) is 7.97. The summed E-state index contributed by atoms with van der Waals surface area (Å²) in [6.07, 6.45) is 1.23. The largest absolute Gasteiger partial charge is 0.300 e. The van der Waals surface area contributed by atoms with Crippen LogP contribution in [0.25, 0.3) is 21.1 Å². The van der Waals surface area contributed by atoms with Crippen LogP contribution in [0.4, 0.5) is 5.13 Å². The highest BCUT2D eigenvalue weighted by Gasteiger charge is 2.11. The Labute approximate surface area is 146 Å². The number of fused-ring (bicyclic) bond motifs is 2. The second-order valence-electron chi connectivity index (χ2n) is 5.72. The normalized spacial score (nSPS) is 11.1. The van der Waals surface area contributed by atoms with Gasteiger partial charge in [0.25, 0.3) is 0 Å². The van der Waals surface area contributed by atoms with E-state index in [2.05, 4.69) is 15.4 Å². The van der Waals surface area contributed by atoms with E-state index in [1.807, 2.05) is 31.2 Å². The molecular weight excluding hydrogens is 336 g/mol. The van der Waals surface area contributed by atoms with Crippen LogP contribution in [0.2, 0.25) is 0 Å². The molecule has 124 valence electrons. The first-order chi connectivity index (χ1) is 12.1. The van der Waals surface area contributed by atoms with Crippen LogP contribution < -0.4 is 10.7 Å². The number of carbonyl (C=O) groups is 1. The molecule has 1 amide bonds. The summed E-state index contributed by atoms with van der Waals surface area (Å²) in [5.74, 6) is -0.239. The molecule has 1 N–H and O–H groups in total. The summed E-state index contributed by atoms with van der Waals surface area (Å²) in [4.78, 5) is 28.6. The zero-order valence-corrected chi connectivity index (χ0v) is 14.2. The maximum Gasteiger partial charge on any atom is 0.247 e. The summed E-state index contributed by atoms with van der Waals surface area (Å²) < 4.78 is 2.55. The quantitative estimate of drug-likeness (QED) is 0.616. The summed E-state index contributed by atoms with van der Waals surface area (Å²) in [6.45, 7) is 2.03. The predicted molar refractivity (Wildman–Crippen MR) is 99.0 cm³/mol. The van der Waals surface area contributed by atoms with Gasteiger partial charge in [-0.3, -0.25) is 14.3 Å². The second kappa shape index (κ2) is 6.10. The molecule has 2 heterocycles. The van der Waals surface area contributed by atoms with Gasteiger partial charge in [-0.25, -0.2) is 4.98 Å². The number of benzene rings is 2. The molecule has 0 bridgehead atoms. The van der Waals surface area contributed by atoms with Gasteiger partial charge in [-0.05, 0) is 36.8 Å². The average Bonchev–Trinajstić information content (AvgIpc) is 2.99. The van der Waals surface area contributed by atoms with Gasteiger partial charge >= 0.3 is 0 Å². The molecule has 7 heteroatoms. The minimum absolute atomic E-state index is 0.00967. The highest BCUT2D eigenvalue weighted by molar-refractivity contribution is 7.22. The predicted octanol–water partition coefficient (Wildman–Crippen LogP) is 2.95. The number of amides is 1. The molecule has 2 aromatic carbocycles. The molecule has 0 aliphatic heterocycles. The highest BCUT2D eigenvalue weighted by atomic mass is 32.1. The topological polar surface area (TPSA) is 76.9 Å². The number of rotatable bonds is 3. The van der Waals surface area contributed by atoms with Gasteiger partial charge in [0, 0.05) is 5.39 Å². The minimum atomic E-state index is -0.239. The van der Waals surface area contributed by atoms with E-state index in [-0.39, 0.29) is 17.9 Å². The Morgan fingerprint density at radius 2 is 2.08 bits per heavy atom. The SMILES string of the molecule is Cc1ccc2nc(NC(=O)Cn3ncc(=O)c4ccccc43)sc2c1. The van der Waals surface area contributed by atoms with Crippen molar-refractivity contribution in [1.82, 2.24) is 14.8 Å². The van der Waals surface area contributed by atoms with Crippen molar-refractivity contribution < 1.29 is 4.79 Å². The molecule has 6 nitrogen and oxygen atoms in total. The van der Waals surface area contributed by atoms with Crippen molar-refractivity contribution >= 4 is 43.5 Å². The number of aryl methyl sites for hydroxylation is 1. The Morgan fingerprint density at radius 1 is 1.24 bits per heavy atom. The van der Waals surface area contributed by atoms with Crippen LogP contribution in [0.1, 0.15) is 5.56 Å². The van der Waals surface area contributed by atoms with E-state index in [1.54, 1.807) is 18.2 Å². The van der Waals surface area contributed by atoms with Gasteiger partial charge in [-0.15, -0.1) is 0 Å². The van der Waals surface area contributed by atoms with Gasteiger partial charge in [-0.2, -0.15) is 5.10 Å². The molecule has 4 rings (SSSR count). The zero-order chi connectivity index (χ0) is 17.4. The van der Waals surface area contributed by atoms with Crippen LogP contribution in [0.3, 0.4) is 0 Å². The van der Waals surface area contributed by atoms with Crippen molar-refractivity contribution in [3.63, 3.8) is 0 Å². The van der Waals surface area contributed by atoms with Gasteiger partial charge in [0.15, 0.2) is 5.13 Å². The van der Waals surface area contributed by atoms with Crippen LogP contribution >= 0.6 is 11.3 Å². The maximum atomic E-state index is 12.4. The van der Waals surface area contributed by atoms with E-state index in [4.69, 9.17) is 0 Å². The number of anilines is 1. The maximum absolute atomic E-state index is 12.4. The van der Waals surface area contributed by atoms with E-state index in [1.165, 1.54) is 22.2 Å². The Kier molecular flexibility index (Phi) is 3.77. The van der Waals surface area contributed by atoms with E-state index < -0.39 is 0 Å². The van der Waals surface area contributed by atoms with Crippen LogP contribution in [0.5, 0.6) is 0 Å². The second-order valence-corrected chi connectivity index (χ2v) is 6.75. The molecule has 0 aliphatic carbocycles. The van der Waals surface area contributed by atoms with Crippen molar-refractivity contribution in [3.05, 3.63) is 64.4 Å². The third-order valence-corrected chi connectivity index (χ3v) is 4.78. The monoisotopic (exact) mass is 350 g/mol. The average molecular weight is 350 g/mol. The third kappa shape index (κ3) is 3.01. The van der Waals surface area contributed by atoms with Crippen LogP contribution in [-0.2, 0) is 11.3 Å². The van der Waals surface area contributed by atoms with Gasteiger partial charge in [0.05, 0.1) is 21.9 Å². The highest BCUT2D eigenvalue weighted by Crippen LogP contribution is 2.26. The van der Waals surface area contributed by atoms with Gasteiger partial charge in [0.2, 0.25) is 11.3 Å². The smallest absolute Gasteiger partial charge is 0.247 e. The molecule has 0 aliphatic rings. The fourth-order valence-corrected chi connectivity index (χ4v) is 3.65. The molecule has 0 unspecified atom stereocenters. The molecule has 0 spiro atoms. The van der Waals surface area contributed by atoms with Gasteiger partial charge in [0.1, 0.15) is 6.54 Å². The fourth-order valence-electron chi connectivity index (χ4n) is 2.67. The number of para-hydroxylation sites is 1. The first-order valence-electron chi connectivity index (χ1n) is 7.72. The van der Waals surface area contributed by atoms with E-state index in [0.29, 0.717) is 16.0 Å². The van der Waals surface area contributed by atoms with E-state index in [0.717, 1.165) is 15.8 Å². The molecule has 2 aromatic heterocycles. The number of nitrogens with one attached hydrogen (secondary N) is 1. The van der Waals surface area contributed by atoms with Crippen LogP contribution in [0, 0.1) is 6.92 Å². The van der Waals surface area contributed by atoms with Gasteiger partial charge < -0.3 is 5.32 Å². The molecule has 0 saturated carbocycles. The number of aromatic nitrogens is 3. The molecular formula is C18H14N4O2S. The summed E-state index contributed by atoms with van der Waals surface area (Å²) >= 11 is 1.43. The first-order valence-corrected chi connectivity index (χ1v) is 8.54. The molecule has 0 fully saturated rings. The van der Waals surface area contributed by atoms with Crippen LogP contribution in [0.15, 0.2) is 53.5 Å². The Bertz CT molecular complexity index is 1160. The standard InChI is InChI=1S/C18H14N4O2S/c1-11-6-7-13-16(8-11)25-18(20-13)21-17(24)10-22-14-5-3-2-4-12(14)15(23)9-19-22/h2-9H,10H2,1H3,(H,20,21,24). The number of hydrogen-bond acceptors (Lipinski definition) is 5. The molecule has 0 atom stereocenters. The fraction of sp³-hybridized carbons (Fsp3) is 0.111. The number of thiazole rings is 1. The lowest BCUT2D eigenvalue weighted by Crippen LogP contribution is -2.22. The van der Waals surface area contributed by atoms with Crippen molar-refractivity contribution in [2.24, 2.45) is 0 Å². The van der Waals surface area contributed by atoms with Gasteiger partial charge in [-0.1, -0.05) is 29.5 Å². The lowest BCUT2D eigenvalue weighted by molar-refractivity contribution is -0.116. The molecule has 25 heavy (non-hydrogen) atoms. The first kappa shape index (κ1) is 15.5. The van der Waals surface area contributed by atoms with Crippen molar-refractivity contribution in [1.29, 1.82) is 0 Å². The molecule has 0 saturated heterocycles. The summed E-state index contributed by atoms with van der Waals surface area (Å²) in [6, 6.07) is 13.1. The Morgan fingerprint density at radius 3 is 2.96 bits per heavy atom. The van der Waals surface area contributed by atoms with Crippen molar-refractivity contribution in [2.45, 2.75) is 13.5 Å². The lowest BCUT2D eigenvalue weighted by Gasteiger charge is -2.08. The zero-order valence-electron chi connectivity index (χ0n) is 13.4. The van der Waals surface area contributed by atoms with Crippen molar-refractivity contribution in [2.75, 3.05) is 5.32 Å². The molecule has 4 aromatic rings. The lowest BCUT2D eigenvalue weighted by atomic mass is 10.2. The summed E-state index contributed by atoms with van der Waals surface area (Å²) in [5.41, 5.74) is 2.48. The third-order valence-electron chi connectivity index (χ3n) is 3.85. The molecule has 0 radical (unpaired) electrons. The van der Waals surface area contributed by atoms with E-state index in [9.17, 15) is 9.59 Å². The minimum Gasteiger partial charge on any atom is -0.300 e. The van der Waals surface area contributed by atoms with E-state index >= 15 is 0 Å². The number of hydrogen-bond donors (Lipinski definition) is 1. The number of carbonyl (C=O) groups excluding carboxylic acids is 1.